The maximum absolute atomic E-state index is 13.3. The Morgan fingerprint density at radius 2 is 1.85 bits per heavy atom. The minimum absolute atomic E-state index is 0.211. The first-order chi connectivity index (χ1) is 19.1. The summed E-state index contributed by atoms with van der Waals surface area (Å²) in [6.45, 7) is 4.89. The van der Waals surface area contributed by atoms with Crippen molar-refractivity contribution >= 4 is 22.4 Å². The summed E-state index contributed by atoms with van der Waals surface area (Å²) < 4.78 is 9.65. The molecule has 6 rings (SSSR count). The Balaban J connectivity index is 1.44. The SMILES string of the molecule is CCCCOc1ccc(-c2nn(-c3ccccc3)cc2C=c2sc3nc(-c4ccncc4)nn3c2=O)c(C)c1. The van der Waals surface area contributed by atoms with E-state index < -0.39 is 0 Å². The van der Waals surface area contributed by atoms with Gasteiger partial charge in [0.1, 0.15) is 11.4 Å². The average molecular weight is 535 g/mol. The lowest BCUT2D eigenvalue weighted by molar-refractivity contribution is 0.309. The van der Waals surface area contributed by atoms with Crippen molar-refractivity contribution in [2.24, 2.45) is 0 Å². The molecule has 6 aromatic rings. The fraction of sp³-hybridized carbons (Fsp3) is 0.167. The summed E-state index contributed by atoms with van der Waals surface area (Å²) in [4.78, 5) is 22.5. The zero-order valence-electron chi connectivity index (χ0n) is 21.6. The lowest BCUT2D eigenvalue weighted by Crippen LogP contribution is -2.23. The molecule has 4 heterocycles. The van der Waals surface area contributed by atoms with Crippen LogP contribution in [-0.4, -0.2) is 36.0 Å². The maximum Gasteiger partial charge on any atom is 0.291 e. The molecule has 0 bridgehead atoms. The number of nitrogens with zero attached hydrogens (tertiary/aromatic N) is 6. The molecule has 194 valence electrons. The van der Waals surface area contributed by atoms with Gasteiger partial charge in [0.25, 0.3) is 5.56 Å². The predicted octanol–water partition coefficient (Wildman–Crippen LogP) is 5.10. The van der Waals surface area contributed by atoms with Crippen LogP contribution in [0.25, 0.3) is 39.4 Å². The zero-order valence-corrected chi connectivity index (χ0v) is 22.4. The second-order valence-corrected chi connectivity index (χ2v) is 10.2. The third kappa shape index (κ3) is 4.96. The largest absolute Gasteiger partial charge is 0.494 e. The second kappa shape index (κ2) is 10.6. The molecule has 0 amide bonds. The highest BCUT2D eigenvalue weighted by atomic mass is 32.1. The van der Waals surface area contributed by atoms with Crippen molar-refractivity contribution in [1.82, 2.24) is 29.4 Å². The number of thiazole rings is 1. The van der Waals surface area contributed by atoms with E-state index in [9.17, 15) is 4.79 Å². The highest BCUT2D eigenvalue weighted by molar-refractivity contribution is 7.15. The molecular formula is C30H26N6O2S. The Hall–Kier alpha value is -4.63. The van der Waals surface area contributed by atoms with Crippen molar-refractivity contribution < 1.29 is 4.74 Å². The highest BCUT2D eigenvalue weighted by Gasteiger charge is 2.16. The van der Waals surface area contributed by atoms with Gasteiger partial charge >= 0.3 is 0 Å². The van der Waals surface area contributed by atoms with Crippen LogP contribution in [0.15, 0.2) is 84.0 Å². The van der Waals surface area contributed by atoms with E-state index in [4.69, 9.17) is 9.84 Å². The zero-order chi connectivity index (χ0) is 26.8. The van der Waals surface area contributed by atoms with E-state index in [0.29, 0.717) is 21.9 Å². The maximum atomic E-state index is 13.3. The number of ether oxygens (including phenoxy) is 1. The molecule has 0 aliphatic heterocycles. The van der Waals surface area contributed by atoms with Gasteiger partial charge in [0.2, 0.25) is 4.96 Å². The number of hydrogen-bond acceptors (Lipinski definition) is 7. The summed E-state index contributed by atoms with van der Waals surface area (Å²) in [7, 11) is 0. The molecule has 0 aliphatic rings. The van der Waals surface area contributed by atoms with Gasteiger partial charge in [0.05, 0.1) is 16.8 Å². The first-order valence-electron chi connectivity index (χ1n) is 12.8. The second-order valence-electron chi connectivity index (χ2n) is 9.17. The standard InChI is InChI=1S/C30H26N6O2S/c1-3-4-16-38-24-10-11-25(20(2)17-24)27-22(19-35(33-27)23-8-6-5-7-9-23)18-26-29(37)36-30(39-26)32-28(34-36)21-12-14-31-15-13-21/h5-15,17-19H,3-4,16H2,1-2H3. The quantitative estimate of drug-likeness (QED) is 0.253. The van der Waals surface area contributed by atoms with Crippen LogP contribution in [0.1, 0.15) is 30.9 Å². The summed E-state index contributed by atoms with van der Waals surface area (Å²) in [6.07, 6.45) is 9.29. The predicted molar refractivity (Wildman–Crippen MR) is 153 cm³/mol. The van der Waals surface area contributed by atoms with Crippen LogP contribution >= 0.6 is 11.3 Å². The van der Waals surface area contributed by atoms with Crippen LogP contribution in [0.2, 0.25) is 0 Å². The number of aryl methyl sites for hydroxylation is 1. The monoisotopic (exact) mass is 534 g/mol. The van der Waals surface area contributed by atoms with Gasteiger partial charge in [0, 0.05) is 35.3 Å². The normalized spacial score (nSPS) is 11.9. The van der Waals surface area contributed by atoms with Gasteiger partial charge in [-0.1, -0.05) is 42.9 Å². The Kier molecular flexibility index (Phi) is 6.73. The van der Waals surface area contributed by atoms with E-state index >= 15 is 0 Å². The topological polar surface area (TPSA) is 87.2 Å². The van der Waals surface area contributed by atoms with E-state index in [2.05, 4.69) is 28.9 Å². The number of unbranched alkanes of at least 4 members (excludes halogenated alkanes) is 1. The van der Waals surface area contributed by atoms with Crippen LogP contribution in [0, 0.1) is 6.92 Å². The van der Waals surface area contributed by atoms with Crippen molar-refractivity contribution in [1.29, 1.82) is 0 Å². The van der Waals surface area contributed by atoms with Crippen LogP contribution in [-0.2, 0) is 0 Å². The molecule has 9 heteroatoms. The Morgan fingerprint density at radius 3 is 2.59 bits per heavy atom. The van der Waals surface area contributed by atoms with Crippen molar-refractivity contribution in [3.63, 3.8) is 0 Å². The molecule has 2 aromatic carbocycles. The first-order valence-corrected chi connectivity index (χ1v) is 13.6. The average Bonchev–Trinajstić information content (AvgIpc) is 3.65. The third-order valence-corrected chi connectivity index (χ3v) is 7.35. The fourth-order valence-electron chi connectivity index (χ4n) is 4.34. The molecule has 0 spiro atoms. The van der Waals surface area contributed by atoms with Crippen molar-refractivity contribution in [3.8, 4) is 34.1 Å². The van der Waals surface area contributed by atoms with Crippen molar-refractivity contribution in [2.45, 2.75) is 26.7 Å². The molecule has 0 saturated carbocycles. The number of para-hydroxylation sites is 1. The molecule has 39 heavy (non-hydrogen) atoms. The summed E-state index contributed by atoms with van der Waals surface area (Å²) in [5.41, 5.74) is 5.18. The Bertz CT molecular complexity index is 1860. The number of pyridine rings is 1. The summed E-state index contributed by atoms with van der Waals surface area (Å²) in [5.74, 6) is 1.34. The summed E-state index contributed by atoms with van der Waals surface area (Å²) in [6, 6.07) is 19.6. The van der Waals surface area contributed by atoms with Gasteiger partial charge in [-0.15, -0.1) is 5.10 Å². The molecule has 0 radical (unpaired) electrons. The van der Waals surface area contributed by atoms with Crippen LogP contribution in [0.4, 0.5) is 0 Å². The van der Waals surface area contributed by atoms with Crippen LogP contribution in [0.5, 0.6) is 5.75 Å². The van der Waals surface area contributed by atoms with Gasteiger partial charge in [-0.2, -0.15) is 14.6 Å². The molecule has 0 aliphatic carbocycles. The van der Waals surface area contributed by atoms with Gasteiger partial charge in [-0.3, -0.25) is 9.78 Å². The number of benzene rings is 2. The molecular weight excluding hydrogens is 508 g/mol. The van der Waals surface area contributed by atoms with Crippen LogP contribution < -0.4 is 14.8 Å². The number of fused-ring (bicyclic) bond motifs is 1. The number of hydrogen-bond donors (Lipinski definition) is 0. The van der Waals surface area contributed by atoms with Gasteiger partial charge in [-0.05, 0) is 67.4 Å². The van der Waals surface area contributed by atoms with Crippen molar-refractivity contribution in [2.75, 3.05) is 6.61 Å². The molecule has 4 aromatic heterocycles. The van der Waals surface area contributed by atoms with Gasteiger partial charge in [-0.25, -0.2) is 4.68 Å². The summed E-state index contributed by atoms with van der Waals surface area (Å²) >= 11 is 1.31. The van der Waals surface area contributed by atoms with E-state index in [1.165, 1.54) is 15.9 Å². The number of aromatic nitrogens is 6. The smallest absolute Gasteiger partial charge is 0.291 e. The Labute approximate surface area is 228 Å². The molecule has 8 nitrogen and oxygen atoms in total. The fourth-order valence-corrected chi connectivity index (χ4v) is 5.24. The minimum Gasteiger partial charge on any atom is -0.494 e. The molecule has 0 saturated heterocycles. The van der Waals surface area contributed by atoms with E-state index in [0.717, 1.165) is 52.2 Å². The van der Waals surface area contributed by atoms with E-state index in [1.807, 2.05) is 77.6 Å². The van der Waals surface area contributed by atoms with E-state index in [1.54, 1.807) is 12.4 Å². The minimum atomic E-state index is -0.211. The van der Waals surface area contributed by atoms with Gasteiger partial charge < -0.3 is 4.74 Å². The first kappa shape index (κ1) is 24.7. The number of rotatable bonds is 8. The summed E-state index contributed by atoms with van der Waals surface area (Å²) in [5, 5.41) is 9.39. The highest BCUT2D eigenvalue weighted by Crippen LogP contribution is 2.30. The Morgan fingerprint density at radius 1 is 1.03 bits per heavy atom. The molecule has 0 unspecified atom stereocenters. The van der Waals surface area contributed by atoms with Crippen LogP contribution in [0.3, 0.4) is 0 Å². The third-order valence-electron chi connectivity index (χ3n) is 6.39. The lowest BCUT2D eigenvalue weighted by atomic mass is 10.0. The molecule has 0 atom stereocenters. The molecule has 0 fully saturated rings. The van der Waals surface area contributed by atoms with Crippen molar-refractivity contribution in [3.05, 3.63) is 105 Å². The lowest BCUT2D eigenvalue weighted by Gasteiger charge is -2.09. The van der Waals surface area contributed by atoms with Gasteiger partial charge in [0.15, 0.2) is 5.82 Å². The van der Waals surface area contributed by atoms with E-state index in [-0.39, 0.29) is 5.56 Å². The molecule has 0 N–H and O–H groups in total.